The van der Waals surface area contributed by atoms with Crippen LogP contribution in [0.15, 0.2) is 12.2 Å². The molecular weight excluding hydrogens is 344 g/mol. The maximum Gasteiger partial charge on any atom is 0.246 e. The molecule has 0 saturated carbocycles. The average Bonchev–Trinajstić information content (AvgIpc) is 2.64. The van der Waals surface area contributed by atoms with Crippen LogP contribution in [0.25, 0.3) is 0 Å². The van der Waals surface area contributed by atoms with Gasteiger partial charge in [-0.1, -0.05) is 58.6 Å². The van der Waals surface area contributed by atoms with Crippen molar-refractivity contribution in [1.29, 1.82) is 0 Å². The third-order valence-corrected chi connectivity index (χ3v) is 4.32. The molecule has 0 saturated heterocycles. The smallest absolute Gasteiger partial charge is 0.246 e. The highest BCUT2D eigenvalue weighted by atomic mass is 16.5. The minimum absolute atomic E-state index is 0.0148. The van der Waals surface area contributed by atoms with Gasteiger partial charge in [0.15, 0.2) is 0 Å². The lowest BCUT2D eigenvalue weighted by Crippen LogP contribution is -2.31. The fourth-order valence-electron chi connectivity index (χ4n) is 2.25. The van der Waals surface area contributed by atoms with Gasteiger partial charge in [0.1, 0.15) is 6.10 Å². The predicted molar refractivity (Wildman–Crippen MR) is 111 cm³/mol. The molecule has 6 nitrogen and oxygen atoms in total. The first-order valence-corrected chi connectivity index (χ1v) is 10.1. The highest BCUT2D eigenvalue weighted by molar-refractivity contribution is 5.78. The summed E-state index contributed by atoms with van der Waals surface area (Å²) in [6, 6.07) is 0. The molecule has 0 radical (unpaired) electrons. The summed E-state index contributed by atoms with van der Waals surface area (Å²) in [6.07, 6.45) is 11.0. The Hall–Kier alpha value is -1.40. The molecule has 27 heavy (non-hydrogen) atoms. The third-order valence-electron chi connectivity index (χ3n) is 4.32. The number of carbonyl (C=O) groups excluding carboxylic acids is 2. The van der Waals surface area contributed by atoms with Crippen molar-refractivity contribution in [2.45, 2.75) is 84.8 Å². The number of carbonyl (C=O) groups is 2. The van der Waals surface area contributed by atoms with Crippen LogP contribution < -0.4 is 11.1 Å². The summed E-state index contributed by atoms with van der Waals surface area (Å²) in [5.41, 5.74) is 5.20. The standard InChI is InChI=1S/C13H25NO3.C8H17NO/c1-5-10(2)6-7-11(16-3)8-9-12(17-4)13(14)15;1-3-4-5-6-7-9-8(2)10/h6-7,10-12H,5,8-9H2,1-4H3,(H2,14,15);3-7H2,1-2H3,(H,9,10)/b7-6+;. The summed E-state index contributed by atoms with van der Waals surface area (Å²) in [4.78, 5) is 21.3. The first-order valence-electron chi connectivity index (χ1n) is 10.1. The lowest BCUT2D eigenvalue weighted by molar-refractivity contribution is -0.128. The Bertz CT molecular complexity index is 400. The SMILES string of the molecule is CCC(C)/C=C/C(CCC(OC)C(N)=O)OC.CCCCCCNC(C)=O. The zero-order valence-corrected chi connectivity index (χ0v) is 18.3. The molecule has 0 aliphatic carbocycles. The molecule has 0 aromatic rings. The van der Waals surface area contributed by atoms with Gasteiger partial charge in [0.05, 0.1) is 6.10 Å². The van der Waals surface area contributed by atoms with Crippen LogP contribution in [0.1, 0.15) is 72.6 Å². The molecule has 0 rings (SSSR count). The van der Waals surface area contributed by atoms with Crippen LogP contribution in [-0.4, -0.2) is 44.8 Å². The van der Waals surface area contributed by atoms with E-state index >= 15 is 0 Å². The van der Waals surface area contributed by atoms with Crippen molar-refractivity contribution in [1.82, 2.24) is 5.32 Å². The van der Waals surface area contributed by atoms with Crippen LogP contribution in [0.4, 0.5) is 0 Å². The second-order valence-electron chi connectivity index (χ2n) is 6.79. The molecule has 3 atom stereocenters. The molecule has 0 aliphatic rings. The van der Waals surface area contributed by atoms with Gasteiger partial charge in [0, 0.05) is 27.7 Å². The van der Waals surface area contributed by atoms with Gasteiger partial charge < -0.3 is 20.5 Å². The van der Waals surface area contributed by atoms with Gasteiger partial charge in [0.25, 0.3) is 0 Å². The first kappa shape index (κ1) is 27.8. The summed E-state index contributed by atoms with van der Waals surface area (Å²) >= 11 is 0. The minimum atomic E-state index is -0.523. The number of unbranched alkanes of at least 4 members (excludes halogenated alkanes) is 3. The Labute approximate surface area is 166 Å². The van der Waals surface area contributed by atoms with E-state index in [2.05, 4.69) is 32.2 Å². The number of rotatable bonds is 14. The lowest BCUT2D eigenvalue weighted by Gasteiger charge is -2.15. The third kappa shape index (κ3) is 19.2. The van der Waals surface area contributed by atoms with Crippen LogP contribution in [0, 0.1) is 5.92 Å². The molecule has 0 aliphatic heterocycles. The maximum atomic E-state index is 11.0. The predicted octanol–water partition coefficient (Wildman–Crippen LogP) is 3.59. The lowest BCUT2D eigenvalue weighted by atomic mass is 10.0. The van der Waals surface area contributed by atoms with E-state index in [4.69, 9.17) is 15.2 Å². The zero-order valence-electron chi connectivity index (χ0n) is 18.3. The average molecular weight is 387 g/mol. The fraction of sp³-hybridized carbons (Fsp3) is 0.810. The van der Waals surface area contributed by atoms with Crippen molar-refractivity contribution in [2.24, 2.45) is 11.7 Å². The molecule has 0 fully saturated rings. The Morgan fingerprint density at radius 2 is 1.70 bits per heavy atom. The summed E-state index contributed by atoms with van der Waals surface area (Å²) in [5, 5.41) is 2.77. The summed E-state index contributed by atoms with van der Waals surface area (Å²) in [7, 11) is 3.16. The minimum Gasteiger partial charge on any atom is -0.377 e. The summed E-state index contributed by atoms with van der Waals surface area (Å²) in [6.45, 7) is 8.88. The second kappa shape index (κ2) is 19.4. The quantitative estimate of drug-likeness (QED) is 0.353. The van der Waals surface area contributed by atoms with Crippen molar-refractivity contribution in [3.8, 4) is 0 Å². The van der Waals surface area contributed by atoms with Gasteiger partial charge >= 0.3 is 0 Å². The van der Waals surface area contributed by atoms with Gasteiger partial charge in [-0.2, -0.15) is 0 Å². The molecule has 2 amide bonds. The van der Waals surface area contributed by atoms with Crippen LogP contribution in [0.5, 0.6) is 0 Å². The Balaban J connectivity index is 0. The van der Waals surface area contributed by atoms with Crippen molar-refractivity contribution in [2.75, 3.05) is 20.8 Å². The highest BCUT2D eigenvalue weighted by Crippen LogP contribution is 2.10. The van der Waals surface area contributed by atoms with Crippen molar-refractivity contribution in [3.05, 3.63) is 12.2 Å². The summed E-state index contributed by atoms with van der Waals surface area (Å²) < 4.78 is 10.3. The van der Waals surface area contributed by atoms with E-state index in [1.54, 1.807) is 14.0 Å². The molecule has 3 N–H and O–H groups in total. The summed E-state index contributed by atoms with van der Waals surface area (Å²) in [5.74, 6) is 0.201. The van der Waals surface area contributed by atoms with Gasteiger partial charge in [-0.15, -0.1) is 0 Å². The molecular formula is C21H42N2O4. The molecule has 160 valence electrons. The van der Waals surface area contributed by atoms with Crippen molar-refractivity contribution < 1.29 is 19.1 Å². The largest absolute Gasteiger partial charge is 0.377 e. The molecule has 0 aromatic heterocycles. The van der Waals surface area contributed by atoms with E-state index in [1.807, 2.05) is 6.08 Å². The van der Waals surface area contributed by atoms with E-state index in [-0.39, 0.29) is 12.0 Å². The number of nitrogens with one attached hydrogen (secondary N) is 1. The Kier molecular flexibility index (Phi) is 19.9. The Morgan fingerprint density at radius 1 is 1.04 bits per heavy atom. The number of nitrogens with two attached hydrogens (primary N) is 1. The molecule has 0 spiro atoms. The normalized spacial score (nSPS) is 14.1. The first-order chi connectivity index (χ1) is 12.8. The highest BCUT2D eigenvalue weighted by Gasteiger charge is 2.15. The number of primary amides is 1. The molecule has 0 aromatic carbocycles. The van der Waals surface area contributed by atoms with Crippen molar-refractivity contribution in [3.63, 3.8) is 0 Å². The van der Waals surface area contributed by atoms with E-state index < -0.39 is 12.0 Å². The van der Waals surface area contributed by atoms with Gasteiger partial charge in [0.2, 0.25) is 11.8 Å². The zero-order chi connectivity index (χ0) is 21.1. The maximum absolute atomic E-state index is 11.0. The Morgan fingerprint density at radius 3 is 2.15 bits per heavy atom. The topological polar surface area (TPSA) is 90.7 Å². The monoisotopic (exact) mass is 386 g/mol. The van der Waals surface area contributed by atoms with E-state index in [0.717, 1.165) is 25.8 Å². The molecule has 3 unspecified atom stereocenters. The molecule has 0 bridgehead atoms. The number of hydrogen-bond donors (Lipinski definition) is 2. The van der Waals surface area contributed by atoms with E-state index in [9.17, 15) is 9.59 Å². The number of hydrogen-bond acceptors (Lipinski definition) is 4. The number of allylic oxidation sites excluding steroid dienone is 1. The number of methoxy groups -OCH3 is 2. The second-order valence-corrected chi connectivity index (χ2v) is 6.79. The van der Waals surface area contributed by atoms with E-state index in [1.165, 1.54) is 26.4 Å². The van der Waals surface area contributed by atoms with Gasteiger partial charge in [-0.05, 0) is 25.2 Å². The van der Waals surface area contributed by atoms with Crippen LogP contribution in [0.3, 0.4) is 0 Å². The van der Waals surface area contributed by atoms with Crippen LogP contribution >= 0.6 is 0 Å². The van der Waals surface area contributed by atoms with Crippen LogP contribution in [-0.2, 0) is 19.1 Å². The van der Waals surface area contributed by atoms with Gasteiger partial charge in [-0.25, -0.2) is 0 Å². The number of ether oxygens (including phenoxy) is 2. The van der Waals surface area contributed by atoms with Gasteiger partial charge in [-0.3, -0.25) is 9.59 Å². The fourth-order valence-corrected chi connectivity index (χ4v) is 2.25. The molecule has 6 heteroatoms. The van der Waals surface area contributed by atoms with Crippen molar-refractivity contribution >= 4 is 11.8 Å². The van der Waals surface area contributed by atoms with E-state index in [0.29, 0.717) is 12.3 Å². The molecule has 0 heterocycles. The number of amides is 2. The van der Waals surface area contributed by atoms with Crippen LogP contribution in [0.2, 0.25) is 0 Å².